The fourth-order valence-corrected chi connectivity index (χ4v) is 4.58. The van der Waals surface area contributed by atoms with Gasteiger partial charge in [-0.2, -0.15) is 0 Å². The molecule has 3 aromatic rings. The lowest BCUT2D eigenvalue weighted by atomic mass is 10.1. The van der Waals surface area contributed by atoms with Gasteiger partial charge in [0.1, 0.15) is 0 Å². The van der Waals surface area contributed by atoms with E-state index in [-0.39, 0.29) is 22.6 Å². The van der Waals surface area contributed by atoms with Gasteiger partial charge >= 0.3 is 5.97 Å². The zero-order chi connectivity index (χ0) is 24.7. The lowest BCUT2D eigenvalue weighted by Gasteiger charge is -2.14. The van der Waals surface area contributed by atoms with Gasteiger partial charge in [-0.15, -0.1) is 0 Å². The SMILES string of the molecule is Cc1ccc(C)c(S(=O)(=O)Nc2ccccc2C(=O)OCC(=O)NC(=O)Cc2ccccc2)c1. The first-order valence-electron chi connectivity index (χ1n) is 10.4. The summed E-state index contributed by atoms with van der Waals surface area (Å²) in [4.78, 5) is 36.7. The topological polar surface area (TPSA) is 119 Å². The molecule has 0 saturated carbocycles. The number of carbonyl (C=O) groups excluding carboxylic acids is 3. The molecule has 0 spiro atoms. The summed E-state index contributed by atoms with van der Waals surface area (Å²) < 4.78 is 33.3. The Balaban J connectivity index is 1.64. The van der Waals surface area contributed by atoms with Crippen LogP contribution in [0.2, 0.25) is 0 Å². The number of rotatable bonds is 8. The Bertz CT molecular complexity index is 1320. The van der Waals surface area contributed by atoms with Gasteiger partial charge < -0.3 is 4.74 Å². The molecular formula is C25H24N2O6S. The number of carbonyl (C=O) groups is 3. The number of benzene rings is 3. The number of amides is 2. The van der Waals surface area contributed by atoms with Crippen molar-refractivity contribution in [3.8, 4) is 0 Å². The van der Waals surface area contributed by atoms with Crippen LogP contribution in [0.4, 0.5) is 5.69 Å². The molecule has 0 unspecified atom stereocenters. The Morgan fingerprint density at radius 2 is 1.53 bits per heavy atom. The first-order chi connectivity index (χ1) is 16.2. The van der Waals surface area contributed by atoms with Crippen molar-refractivity contribution in [3.05, 3.63) is 95.1 Å². The molecular weight excluding hydrogens is 456 g/mol. The molecule has 0 bridgehead atoms. The predicted molar refractivity (Wildman–Crippen MR) is 127 cm³/mol. The fourth-order valence-electron chi connectivity index (χ4n) is 3.17. The Morgan fingerprint density at radius 3 is 2.26 bits per heavy atom. The van der Waals surface area contributed by atoms with Crippen molar-refractivity contribution in [2.24, 2.45) is 0 Å². The molecule has 0 atom stereocenters. The highest BCUT2D eigenvalue weighted by molar-refractivity contribution is 7.92. The summed E-state index contributed by atoms with van der Waals surface area (Å²) in [6.07, 6.45) is 0.00349. The minimum absolute atomic E-state index is 0.00349. The maximum Gasteiger partial charge on any atom is 0.340 e. The molecule has 2 N–H and O–H groups in total. The van der Waals surface area contributed by atoms with Crippen LogP contribution in [-0.4, -0.2) is 32.8 Å². The van der Waals surface area contributed by atoms with E-state index in [1.165, 1.54) is 24.3 Å². The van der Waals surface area contributed by atoms with Crippen LogP contribution < -0.4 is 10.0 Å². The van der Waals surface area contributed by atoms with Crippen LogP contribution in [-0.2, 0) is 30.8 Å². The molecule has 0 aliphatic rings. The smallest absolute Gasteiger partial charge is 0.340 e. The Morgan fingerprint density at radius 1 is 0.853 bits per heavy atom. The number of nitrogens with one attached hydrogen (secondary N) is 2. The third-order valence-electron chi connectivity index (χ3n) is 4.85. The van der Waals surface area contributed by atoms with E-state index in [9.17, 15) is 22.8 Å². The highest BCUT2D eigenvalue weighted by atomic mass is 32.2. The molecule has 0 fully saturated rings. The molecule has 9 heteroatoms. The molecule has 0 aliphatic heterocycles. The molecule has 0 radical (unpaired) electrons. The third kappa shape index (κ3) is 6.52. The van der Waals surface area contributed by atoms with Gasteiger partial charge in [-0.1, -0.05) is 54.6 Å². The molecule has 0 aliphatic carbocycles. The van der Waals surface area contributed by atoms with Crippen molar-refractivity contribution in [1.82, 2.24) is 5.32 Å². The number of aryl methyl sites for hydroxylation is 2. The van der Waals surface area contributed by atoms with Crippen molar-refractivity contribution in [2.75, 3.05) is 11.3 Å². The molecule has 8 nitrogen and oxygen atoms in total. The minimum Gasteiger partial charge on any atom is -0.452 e. The Kier molecular flexibility index (Phi) is 7.80. The van der Waals surface area contributed by atoms with Crippen LogP contribution in [0.1, 0.15) is 27.0 Å². The lowest BCUT2D eigenvalue weighted by Crippen LogP contribution is -2.35. The molecule has 2 amide bonds. The van der Waals surface area contributed by atoms with E-state index in [1.54, 1.807) is 56.3 Å². The van der Waals surface area contributed by atoms with E-state index in [4.69, 9.17) is 4.74 Å². The monoisotopic (exact) mass is 480 g/mol. The van der Waals surface area contributed by atoms with Gasteiger partial charge in [-0.25, -0.2) is 13.2 Å². The quantitative estimate of drug-likeness (QED) is 0.478. The van der Waals surface area contributed by atoms with Crippen LogP contribution in [0.25, 0.3) is 0 Å². The van der Waals surface area contributed by atoms with Crippen molar-refractivity contribution < 1.29 is 27.5 Å². The summed E-state index contributed by atoms with van der Waals surface area (Å²) in [6, 6.07) is 19.8. The average Bonchev–Trinajstić information content (AvgIpc) is 2.79. The first-order valence-corrected chi connectivity index (χ1v) is 11.9. The van der Waals surface area contributed by atoms with Crippen molar-refractivity contribution in [2.45, 2.75) is 25.2 Å². The zero-order valence-corrected chi connectivity index (χ0v) is 19.5. The van der Waals surface area contributed by atoms with Gasteiger partial charge in [0.2, 0.25) is 5.91 Å². The number of para-hydroxylation sites is 1. The van der Waals surface area contributed by atoms with Gasteiger partial charge in [0, 0.05) is 0 Å². The van der Waals surface area contributed by atoms with Crippen molar-refractivity contribution in [1.29, 1.82) is 0 Å². The molecule has 34 heavy (non-hydrogen) atoms. The minimum atomic E-state index is -3.98. The van der Waals surface area contributed by atoms with E-state index in [0.717, 1.165) is 11.1 Å². The number of ether oxygens (including phenoxy) is 1. The maximum atomic E-state index is 12.9. The highest BCUT2D eigenvalue weighted by Crippen LogP contribution is 2.23. The highest BCUT2D eigenvalue weighted by Gasteiger charge is 2.22. The maximum absolute atomic E-state index is 12.9. The normalized spacial score (nSPS) is 10.9. The second kappa shape index (κ2) is 10.8. The molecule has 3 rings (SSSR count). The average molecular weight is 481 g/mol. The third-order valence-corrected chi connectivity index (χ3v) is 6.35. The number of sulfonamides is 1. The summed E-state index contributed by atoms with van der Waals surface area (Å²) in [6.45, 7) is 2.75. The van der Waals surface area contributed by atoms with E-state index < -0.39 is 34.4 Å². The van der Waals surface area contributed by atoms with Crippen molar-refractivity contribution in [3.63, 3.8) is 0 Å². The molecule has 0 heterocycles. The number of hydrogen-bond donors (Lipinski definition) is 2. The summed E-state index contributed by atoms with van der Waals surface area (Å²) in [5.74, 6) is -2.23. The van der Waals surface area contributed by atoms with E-state index >= 15 is 0 Å². The number of anilines is 1. The summed E-state index contributed by atoms with van der Waals surface area (Å²) >= 11 is 0. The van der Waals surface area contributed by atoms with Gasteiger partial charge in [-0.3, -0.25) is 19.6 Å². The van der Waals surface area contributed by atoms with Crippen LogP contribution in [0.5, 0.6) is 0 Å². The van der Waals surface area contributed by atoms with Crippen LogP contribution in [0.15, 0.2) is 77.7 Å². The largest absolute Gasteiger partial charge is 0.452 e. The predicted octanol–water partition coefficient (Wildman–Crippen LogP) is 3.15. The van der Waals surface area contributed by atoms with E-state index in [1.807, 2.05) is 6.07 Å². The van der Waals surface area contributed by atoms with E-state index in [2.05, 4.69) is 10.0 Å². The number of esters is 1. The summed E-state index contributed by atoms with van der Waals surface area (Å²) in [5, 5.41) is 2.15. The Labute approximate surface area is 198 Å². The van der Waals surface area contributed by atoms with Crippen LogP contribution in [0.3, 0.4) is 0 Å². The number of imide groups is 1. The van der Waals surface area contributed by atoms with Gasteiger partial charge in [0.15, 0.2) is 6.61 Å². The number of hydrogen-bond acceptors (Lipinski definition) is 6. The second-order valence-corrected chi connectivity index (χ2v) is 9.28. The summed E-state index contributed by atoms with van der Waals surface area (Å²) in [5.41, 5.74) is 1.99. The Hall–Kier alpha value is -3.98. The van der Waals surface area contributed by atoms with Gasteiger partial charge in [-0.05, 0) is 48.7 Å². The van der Waals surface area contributed by atoms with Crippen LogP contribution in [0, 0.1) is 13.8 Å². The standard InChI is InChI=1S/C25H24N2O6S/c1-17-12-13-18(2)22(14-17)34(31,32)27-21-11-7-6-10-20(21)25(30)33-16-24(29)26-23(28)15-19-8-4-3-5-9-19/h3-14,27H,15-16H2,1-2H3,(H,26,28,29). The molecule has 0 saturated heterocycles. The first kappa shape index (κ1) is 24.7. The van der Waals surface area contributed by atoms with E-state index in [0.29, 0.717) is 5.56 Å². The zero-order valence-electron chi connectivity index (χ0n) is 18.7. The lowest BCUT2D eigenvalue weighted by molar-refractivity contribution is -0.132. The summed E-state index contributed by atoms with van der Waals surface area (Å²) in [7, 11) is -3.98. The van der Waals surface area contributed by atoms with Crippen LogP contribution >= 0.6 is 0 Å². The van der Waals surface area contributed by atoms with Gasteiger partial charge in [0.25, 0.3) is 15.9 Å². The van der Waals surface area contributed by atoms with Gasteiger partial charge in [0.05, 0.1) is 22.6 Å². The second-order valence-electron chi connectivity index (χ2n) is 7.63. The molecule has 176 valence electrons. The molecule has 0 aromatic heterocycles. The fraction of sp³-hybridized carbons (Fsp3) is 0.160. The van der Waals surface area contributed by atoms with Crippen molar-refractivity contribution >= 4 is 33.5 Å². The molecule has 3 aromatic carbocycles.